The minimum Gasteiger partial charge on any atom is -0.483 e. The van der Waals surface area contributed by atoms with Gasteiger partial charge in [0.05, 0.1) is 0 Å². The fourth-order valence-corrected chi connectivity index (χ4v) is 2.23. The molecule has 5 nitrogen and oxygen atoms in total. The topological polar surface area (TPSA) is 73.9 Å². The van der Waals surface area contributed by atoms with Crippen LogP contribution in [0.3, 0.4) is 0 Å². The number of ether oxygens (including phenoxy) is 3. The molecule has 0 aromatic heterocycles. The van der Waals surface area contributed by atoms with E-state index >= 15 is 0 Å². The molecule has 0 bridgehead atoms. The second-order valence-electron chi connectivity index (χ2n) is 4.77. The number of hydrogen-bond donors (Lipinski definition) is 2. The van der Waals surface area contributed by atoms with E-state index in [2.05, 4.69) is 0 Å². The van der Waals surface area contributed by atoms with Crippen LogP contribution in [0, 0.1) is 0 Å². The van der Waals surface area contributed by atoms with Crippen LogP contribution in [0.5, 0.6) is 17.2 Å². The summed E-state index contributed by atoms with van der Waals surface area (Å²) in [7, 11) is 0. The molecule has 1 aliphatic heterocycles. The summed E-state index contributed by atoms with van der Waals surface area (Å²) in [6, 6.07) is 14.8. The molecular weight excluding hydrogens is 270 g/mol. The van der Waals surface area contributed by atoms with Gasteiger partial charge in [0.15, 0.2) is 17.6 Å². The smallest absolute Gasteiger partial charge is 0.231 e. The third kappa shape index (κ3) is 2.94. The van der Waals surface area contributed by atoms with Crippen molar-refractivity contribution in [3.63, 3.8) is 0 Å². The van der Waals surface area contributed by atoms with Crippen molar-refractivity contribution < 1.29 is 19.3 Å². The molecule has 2 atom stereocenters. The van der Waals surface area contributed by atoms with Crippen molar-refractivity contribution in [1.82, 2.24) is 0 Å². The van der Waals surface area contributed by atoms with Crippen LogP contribution in [0.15, 0.2) is 48.5 Å². The maximum atomic E-state index is 10.1. The van der Waals surface area contributed by atoms with E-state index in [9.17, 15) is 5.11 Å². The zero-order chi connectivity index (χ0) is 14.7. The van der Waals surface area contributed by atoms with Crippen molar-refractivity contribution in [3.8, 4) is 17.2 Å². The van der Waals surface area contributed by atoms with Gasteiger partial charge in [0.25, 0.3) is 0 Å². The first kappa shape index (κ1) is 13.7. The van der Waals surface area contributed by atoms with Crippen LogP contribution in [0.2, 0.25) is 0 Å². The Kier molecular flexibility index (Phi) is 3.94. The Bertz CT molecular complexity index is 602. The summed E-state index contributed by atoms with van der Waals surface area (Å²) in [5, 5.41) is 10.1. The zero-order valence-electron chi connectivity index (χ0n) is 11.4. The Morgan fingerprint density at radius 1 is 1.10 bits per heavy atom. The van der Waals surface area contributed by atoms with E-state index in [1.165, 1.54) is 0 Å². The van der Waals surface area contributed by atoms with Gasteiger partial charge >= 0.3 is 0 Å². The summed E-state index contributed by atoms with van der Waals surface area (Å²) in [6.45, 7) is 0.330. The van der Waals surface area contributed by atoms with Gasteiger partial charge in [-0.2, -0.15) is 0 Å². The molecule has 0 radical (unpaired) electrons. The third-order valence-corrected chi connectivity index (χ3v) is 3.33. The van der Waals surface area contributed by atoms with Gasteiger partial charge in [0.2, 0.25) is 6.79 Å². The van der Waals surface area contributed by atoms with Gasteiger partial charge in [0, 0.05) is 12.6 Å². The number of aliphatic hydroxyl groups excluding tert-OH is 1. The molecular formula is C16H17NO4. The van der Waals surface area contributed by atoms with Crippen molar-refractivity contribution in [2.24, 2.45) is 5.73 Å². The molecule has 2 unspecified atom stereocenters. The van der Waals surface area contributed by atoms with Crippen LogP contribution >= 0.6 is 0 Å². The third-order valence-electron chi connectivity index (χ3n) is 3.33. The van der Waals surface area contributed by atoms with Crippen LogP contribution in [0.25, 0.3) is 0 Å². The number of rotatable bonds is 5. The van der Waals surface area contributed by atoms with Crippen LogP contribution in [0.1, 0.15) is 11.7 Å². The molecule has 0 amide bonds. The number of aliphatic hydroxyl groups is 1. The molecule has 1 heterocycles. The molecule has 21 heavy (non-hydrogen) atoms. The highest BCUT2D eigenvalue weighted by Crippen LogP contribution is 2.36. The molecule has 0 spiro atoms. The van der Waals surface area contributed by atoms with E-state index in [1.54, 1.807) is 18.2 Å². The number of hydrogen-bond acceptors (Lipinski definition) is 5. The highest BCUT2D eigenvalue weighted by atomic mass is 16.7. The molecule has 5 heteroatoms. The Labute approximate surface area is 122 Å². The summed E-state index contributed by atoms with van der Waals surface area (Å²) >= 11 is 0. The molecule has 0 saturated carbocycles. The first-order chi connectivity index (χ1) is 10.3. The molecule has 2 aromatic rings. The van der Waals surface area contributed by atoms with E-state index in [1.807, 2.05) is 30.3 Å². The molecule has 2 aromatic carbocycles. The Hall–Kier alpha value is -2.24. The molecule has 0 saturated heterocycles. The highest BCUT2D eigenvalue weighted by molar-refractivity contribution is 5.47. The molecule has 3 rings (SSSR count). The SMILES string of the molecule is NCC(O)C(Oc1ccc2c(c1)OCO2)c1ccccc1. The van der Waals surface area contributed by atoms with Gasteiger partial charge in [-0.3, -0.25) is 0 Å². The average molecular weight is 287 g/mol. The van der Waals surface area contributed by atoms with Crippen LogP contribution in [-0.2, 0) is 0 Å². The summed E-state index contributed by atoms with van der Waals surface area (Å²) in [4.78, 5) is 0. The Morgan fingerprint density at radius 3 is 2.62 bits per heavy atom. The molecule has 110 valence electrons. The van der Waals surface area contributed by atoms with Gasteiger partial charge in [-0.1, -0.05) is 30.3 Å². The Balaban J connectivity index is 1.85. The largest absolute Gasteiger partial charge is 0.483 e. The minimum absolute atomic E-state index is 0.115. The zero-order valence-corrected chi connectivity index (χ0v) is 11.4. The quantitative estimate of drug-likeness (QED) is 0.878. The number of benzene rings is 2. The lowest BCUT2D eigenvalue weighted by Gasteiger charge is -2.23. The standard InChI is InChI=1S/C16H17NO4/c17-9-13(18)16(11-4-2-1-3-5-11)21-12-6-7-14-15(8-12)20-10-19-14/h1-8,13,16,18H,9-10,17H2. The van der Waals surface area contributed by atoms with Gasteiger partial charge < -0.3 is 25.1 Å². The predicted octanol–water partition coefficient (Wildman–Crippen LogP) is 1.85. The number of nitrogens with two attached hydrogens (primary N) is 1. The first-order valence-corrected chi connectivity index (χ1v) is 6.77. The van der Waals surface area contributed by atoms with Crippen molar-refractivity contribution in [3.05, 3.63) is 54.1 Å². The Morgan fingerprint density at radius 2 is 1.86 bits per heavy atom. The van der Waals surface area contributed by atoms with Gasteiger partial charge in [0.1, 0.15) is 11.9 Å². The summed E-state index contributed by atoms with van der Waals surface area (Å²) in [6.07, 6.45) is -1.32. The normalized spacial score (nSPS) is 15.5. The molecule has 1 aliphatic rings. The molecule has 3 N–H and O–H groups in total. The fourth-order valence-electron chi connectivity index (χ4n) is 2.23. The van der Waals surface area contributed by atoms with Crippen molar-refractivity contribution in [1.29, 1.82) is 0 Å². The monoisotopic (exact) mass is 287 g/mol. The van der Waals surface area contributed by atoms with Crippen LogP contribution < -0.4 is 19.9 Å². The highest BCUT2D eigenvalue weighted by Gasteiger charge is 2.23. The fraction of sp³-hybridized carbons (Fsp3) is 0.250. The van der Waals surface area contributed by atoms with E-state index < -0.39 is 12.2 Å². The first-order valence-electron chi connectivity index (χ1n) is 6.77. The van der Waals surface area contributed by atoms with Crippen molar-refractivity contribution in [2.75, 3.05) is 13.3 Å². The summed E-state index contributed by atoms with van der Waals surface area (Å²) in [5.74, 6) is 1.93. The second-order valence-corrected chi connectivity index (χ2v) is 4.77. The lowest BCUT2D eigenvalue weighted by atomic mass is 10.0. The minimum atomic E-state index is -0.794. The van der Waals surface area contributed by atoms with Crippen LogP contribution in [-0.4, -0.2) is 24.5 Å². The van der Waals surface area contributed by atoms with E-state index in [4.69, 9.17) is 19.9 Å². The lowest BCUT2D eigenvalue weighted by molar-refractivity contribution is 0.0412. The van der Waals surface area contributed by atoms with Gasteiger partial charge in [-0.05, 0) is 17.7 Å². The van der Waals surface area contributed by atoms with E-state index in [0.29, 0.717) is 17.2 Å². The van der Waals surface area contributed by atoms with E-state index in [-0.39, 0.29) is 13.3 Å². The van der Waals surface area contributed by atoms with Gasteiger partial charge in [-0.15, -0.1) is 0 Å². The maximum Gasteiger partial charge on any atom is 0.231 e. The predicted molar refractivity (Wildman–Crippen MR) is 77.4 cm³/mol. The van der Waals surface area contributed by atoms with Crippen LogP contribution in [0.4, 0.5) is 0 Å². The number of fused-ring (bicyclic) bond motifs is 1. The lowest BCUT2D eigenvalue weighted by Crippen LogP contribution is -2.30. The van der Waals surface area contributed by atoms with E-state index in [0.717, 1.165) is 5.56 Å². The maximum absolute atomic E-state index is 10.1. The second kappa shape index (κ2) is 6.03. The molecule has 0 aliphatic carbocycles. The summed E-state index contributed by atoms with van der Waals surface area (Å²) < 4.78 is 16.5. The van der Waals surface area contributed by atoms with Crippen molar-refractivity contribution >= 4 is 0 Å². The van der Waals surface area contributed by atoms with Gasteiger partial charge in [-0.25, -0.2) is 0 Å². The molecule has 0 fully saturated rings. The van der Waals surface area contributed by atoms with Crippen molar-refractivity contribution in [2.45, 2.75) is 12.2 Å². The average Bonchev–Trinajstić information content (AvgIpc) is 3.00. The summed E-state index contributed by atoms with van der Waals surface area (Å²) in [5.41, 5.74) is 6.45.